The first-order valence-corrected chi connectivity index (χ1v) is 7.82. The molecule has 0 bridgehead atoms. The first-order valence-electron chi connectivity index (χ1n) is 7.00. The first-order chi connectivity index (χ1) is 10.7. The molecule has 4 nitrogen and oxygen atoms in total. The number of rotatable bonds is 5. The Hall–Kier alpha value is -2.40. The van der Waals surface area contributed by atoms with Gasteiger partial charge in [-0.05, 0) is 54.4 Å². The molecule has 0 unspecified atom stereocenters. The lowest BCUT2D eigenvalue weighted by atomic mass is 10.2. The van der Waals surface area contributed by atoms with Gasteiger partial charge in [-0.2, -0.15) is 0 Å². The number of aryl methyl sites for hydroxylation is 1. The zero-order valence-corrected chi connectivity index (χ0v) is 13.4. The number of benzene rings is 1. The minimum atomic E-state index is 0.657. The molecular formula is C17H17N3OS. The topological polar surface area (TPSA) is 47.0 Å². The molecule has 112 valence electrons. The number of hydrogen-bond acceptors (Lipinski definition) is 5. The molecule has 0 spiro atoms. The molecule has 2 aromatic heterocycles. The van der Waals surface area contributed by atoms with Crippen LogP contribution in [-0.2, 0) is 6.54 Å². The molecule has 0 aliphatic carbocycles. The Kier molecular flexibility index (Phi) is 4.34. The van der Waals surface area contributed by atoms with Crippen LogP contribution in [0.3, 0.4) is 0 Å². The highest BCUT2D eigenvalue weighted by Gasteiger charge is 2.04. The summed E-state index contributed by atoms with van der Waals surface area (Å²) in [5.41, 5.74) is 2.26. The Labute approximate surface area is 133 Å². The molecule has 5 heteroatoms. The summed E-state index contributed by atoms with van der Waals surface area (Å²) < 4.78 is 5.19. The normalized spacial score (nSPS) is 10.5. The molecule has 0 radical (unpaired) electrons. The summed E-state index contributed by atoms with van der Waals surface area (Å²) in [4.78, 5) is 11.0. The fourth-order valence-corrected chi connectivity index (χ4v) is 2.99. The van der Waals surface area contributed by atoms with Gasteiger partial charge in [-0.25, -0.2) is 9.97 Å². The molecule has 22 heavy (non-hydrogen) atoms. The van der Waals surface area contributed by atoms with Crippen LogP contribution in [-0.4, -0.2) is 17.1 Å². The number of ether oxygens (including phenoxy) is 1. The monoisotopic (exact) mass is 311 g/mol. The number of nitrogens with zero attached hydrogens (tertiary/aromatic N) is 2. The second-order valence-electron chi connectivity index (χ2n) is 4.93. The van der Waals surface area contributed by atoms with E-state index in [1.807, 2.05) is 31.5 Å². The second kappa shape index (κ2) is 6.58. The summed E-state index contributed by atoms with van der Waals surface area (Å²) in [6.45, 7) is 2.70. The first kappa shape index (κ1) is 14.5. The summed E-state index contributed by atoms with van der Waals surface area (Å²) in [5, 5.41) is 3.24. The molecule has 1 N–H and O–H groups in total. The van der Waals surface area contributed by atoms with E-state index in [4.69, 9.17) is 4.74 Å². The van der Waals surface area contributed by atoms with Crippen LogP contribution >= 0.6 is 11.3 Å². The highest BCUT2D eigenvalue weighted by atomic mass is 32.1. The fraction of sp³-hybridized carbons (Fsp3) is 0.176. The van der Waals surface area contributed by atoms with Crippen LogP contribution in [0.5, 0.6) is 5.75 Å². The van der Waals surface area contributed by atoms with E-state index in [1.165, 1.54) is 15.3 Å². The van der Waals surface area contributed by atoms with E-state index in [-0.39, 0.29) is 0 Å². The van der Waals surface area contributed by atoms with Crippen molar-refractivity contribution in [3.05, 3.63) is 59.2 Å². The molecule has 3 rings (SSSR count). The number of aromatic nitrogens is 2. The van der Waals surface area contributed by atoms with Crippen LogP contribution in [0, 0.1) is 6.92 Å². The molecule has 0 saturated heterocycles. The highest BCUT2D eigenvalue weighted by Crippen LogP contribution is 2.29. The molecule has 0 aliphatic rings. The zero-order valence-electron chi connectivity index (χ0n) is 12.5. The molecule has 0 atom stereocenters. The summed E-state index contributed by atoms with van der Waals surface area (Å²) >= 11 is 1.76. The van der Waals surface area contributed by atoms with Crippen LogP contribution in [0.15, 0.2) is 48.8 Å². The van der Waals surface area contributed by atoms with Crippen LogP contribution in [0.4, 0.5) is 5.95 Å². The summed E-state index contributed by atoms with van der Waals surface area (Å²) in [7, 11) is 1.68. The largest absolute Gasteiger partial charge is 0.497 e. The van der Waals surface area contributed by atoms with Crippen molar-refractivity contribution in [1.29, 1.82) is 0 Å². The fourth-order valence-electron chi connectivity index (χ4n) is 2.03. The van der Waals surface area contributed by atoms with E-state index in [2.05, 4.69) is 39.6 Å². The molecule has 0 amide bonds. The molecule has 0 fully saturated rings. The van der Waals surface area contributed by atoms with Gasteiger partial charge in [0.25, 0.3) is 0 Å². The molecule has 1 aromatic carbocycles. The molecule has 3 aromatic rings. The van der Waals surface area contributed by atoms with Crippen molar-refractivity contribution in [2.24, 2.45) is 0 Å². The highest BCUT2D eigenvalue weighted by molar-refractivity contribution is 7.15. The van der Waals surface area contributed by atoms with E-state index >= 15 is 0 Å². The maximum atomic E-state index is 5.19. The Morgan fingerprint density at radius 2 is 1.77 bits per heavy atom. The van der Waals surface area contributed by atoms with Crippen molar-refractivity contribution in [1.82, 2.24) is 9.97 Å². The van der Waals surface area contributed by atoms with Crippen LogP contribution < -0.4 is 10.1 Å². The van der Waals surface area contributed by atoms with Crippen molar-refractivity contribution < 1.29 is 4.74 Å². The van der Waals surface area contributed by atoms with Crippen LogP contribution in [0.25, 0.3) is 10.4 Å². The minimum absolute atomic E-state index is 0.657. The number of thiophene rings is 1. The number of hydrogen-bond donors (Lipinski definition) is 1. The van der Waals surface area contributed by atoms with Crippen molar-refractivity contribution in [3.8, 4) is 16.2 Å². The Balaban J connectivity index is 1.66. The van der Waals surface area contributed by atoms with Gasteiger partial charge in [0.05, 0.1) is 13.7 Å². The molecule has 0 aliphatic heterocycles. The summed E-state index contributed by atoms with van der Waals surface area (Å²) in [6.07, 6.45) is 3.62. The quantitative estimate of drug-likeness (QED) is 0.769. The molecule has 0 saturated carbocycles. The second-order valence-corrected chi connectivity index (χ2v) is 6.10. The van der Waals surface area contributed by atoms with Crippen molar-refractivity contribution >= 4 is 17.3 Å². The number of methoxy groups -OCH3 is 1. The predicted octanol–water partition coefficient (Wildman–Crippen LogP) is 4.13. The van der Waals surface area contributed by atoms with Crippen molar-refractivity contribution in [2.75, 3.05) is 12.4 Å². The smallest absolute Gasteiger partial charge is 0.222 e. The van der Waals surface area contributed by atoms with Gasteiger partial charge in [-0.15, -0.1) is 11.3 Å². The van der Waals surface area contributed by atoms with Gasteiger partial charge in [0.2, 0.25) is 5.95 Å². The Morgan fingerprint density at radius 3 is 2.45 bits per heavy atom. The van der Waals surface area contributed by atoms with E-state index in [0.29, 0.717) is 5.95 Å². The maximum Gasteiger partial charge on any atom is 0.222 e. The van der Waals surface area contributed by atoms with E-state index in [0.717, 1.165) is 17.9 Å². The van der Waals surface area contributed by atoms with Crippen molar-refractivity contribution in [3.63, 3.8) is 0 Å². The van der Waals surface area contributed by atoms with Gasteiger partial charge in [0.15, 0.2) is 0 Å². The predicted molar refractivity (Wildman–Crippen MR) is 90.4 cm³/mol. The number of nitrogens with one attached hydrogen (secondary N) is 1. The third-order valence-corrected chi connectivity index (χ3v) is 4.37. The van der Waals surface area contributed by atoms with E-state index in [1.54, 1.807) is 18.4 Å². The Bertz CT molecular complexity index is 735. The maximum absolute atomic E-state index is 5.19. The van der Waals surface area contributed by atoms with Gasteiger partial charge in [-0.3, -0.25) is 0 Å². The number of anilines is 1. The lowest BCUT2D eigenvalue weighted by Crippen LogP contribution is -2.01. The molecule has 2 heterocycles. The summed E-state index contributed by atoms with van der Waals surface area (Å²) in [5.74, 6) is 1.53. The average molecular weight is 311 g/mol. The summed E-state index contributed by atoms with van der Waals surface area (Å²) in [6, 6.07) is 12.4. The van der Waals surface area contributed by atoms with E-state index in [9.17, 15) is 0 Å². The van der Waals surface area contributed by atoms with Crippen molar-refractivity contribution in [2.45, 2.75) is 13.5 Å². The molecular weight excluding hydrogens is 294 g/mol. The lowest BCUT2D eigenvalue weighted by Gasteiger charge is -2.03. The standard InChI is InChI=1S/C17H17N3OS/c1-12-9-18-17(19-10-12)20-11-15-7-8-16(22-15)13-3-5-14(21-2)6-4-13/h3-10H,11H2,1-2H3,(H,18,19,20). The van der Waals surface area contributed by atoms with Crippen LogP contribution in [0.1, 0.15) is 10.4 Å². The van der Waals surface area contributed by atoms with E-state index < -0.39 is 0 Å². The van der Waals surface area contributed by atoms with Gasteiger partial charge in [-0.1, -0.05) is 0 Å². The Morgan fingerprint density at radius 1 is 1.05 bits per heavy atom. The lowest BCUT2D eigenvalue weighted by molar-refractivity contribution is 0.415. The van der Waals surface area contributed by atoms with Gasteiger partial charge in [0, 0.05) is 22.1 Å². The van der Waals surface area contributed by atoms with Gasteiger partial charge >= 0.3 is 0 Å². The average Bonchev–Trinajstić information content (AvgIpc) is 3.03. The third-order valence-electron chi connectivity index (χ3n) is 3.24. The zero-order chi connectivity index (χ0) is 15.4. The van der Waals surface area contributed by atoms with Gasteiger partial charge in [0.1, 0.15) is 5.75 Å². The van der Waals surface area contributed by atoms with Crippen LogP contribution in [0.2, 0.25) is 0 Å². The van der Waals surface area contributed by atoms with Gasteiger partial charge < -0.3 is 10.1 Å². The SMILES string of the molecule is COc1ccc(-c2ccc(CNc3ncc(C)cn3)s2)cc1. The minimum Gasteiger partial charge on any atom is -0.497 e. The third kappa shape index (κ3) is 3.43.